The van der Waals surface area contributed by atoms with Gasteiger partial charge in [-0.2, -0.15) is 15.0 Å². The number of carbonyl (C=O) groups excluding carboxylic acids is 2. The number of aryl methyl sites for hydroxylation is 1. The molecule has 1 heterocycles. The number of aromatic hydroxyl groups is 1. The molecule has 4 aromatic carbocycles. The van der Waals surface area contributed by atoms with Gasteiger partial charge in [-0.25, -0.2) is 4.39 Å². The van der Waals surface area contributed by atoms with E-state index in [4.69, 9.17) is 9.47 Å². The molecular formula is C37H39FN8O5. The molecule has 2 amide bonds. The van der Waals surface area contributed by atoms with Crippen molar-refractivity contribution in [3.8, 4) is 5.75 Å². The van der Waals surface area contributed by atoms with Crippen molar-refractivity contribution in [3.05, 3.63) is 125 Å². The van der Waals surface area contributed by atoms with Crippen LogP contribution in [0.25, 0.3) is 0 Å². The summed E-state index contributed by atoms with van der Waals surface area (Å²) in [5.74, 6) is 0.213. The molecule has 0 aliphatic heterocycles. The van der Waals surface area contributed by atoms with E-state index in [9.17, 15) is 19.1 Å². The molecule has 0 fully saturated rings. The summed E-state index contributed by atoms with van der Waals surface area (Å²) in [6.45, 7) is 4.31. The largest absolute Gasteiger partial charge is 0.508 e. The van der Waals surface area contributed by atoms with Crippen LogP contribution >= 0.6 is 0 Å². The van der Waals surface area contributed by atoms with Gasteiger partial charge in [0.25, 0.3) is 11.8 Å². The number of rotatable bonds is 18. The van der Waals surface area contributed by atoms with Gasteiger partial charge in [0, 0.05) is 42.1 Å². The molecule has 0 radical (unpaired) electrons. The van der Waals surface area contributed by atoms with E-state index < -0.39 is 0 Å². The van der Waals surface area contributed by atoms with E-state index in [1.54, 1.807) is 73.7 Å². The standard InChI is InChI=1S/C37H39FN8O5/c1-25-23-31(15-16-32(25)47)43-37-45-35(40-18-20-51-22-21-50-19-17-39-33(48)27-5-3-2-4-6-27)44-36(46-37)42-30-13-9-28(10-14-30)34(49)41-24-26-7-11-29(38)12-8-26/h2-16,23,47H,17-22,24H2,1H3,(H,39,48)(H,41,49)(H3,40,42,43,44,45,46). The lowest BCUT2D eigenvalue weighted by atomic mass is 10.1. The van der Waals surface area contributed by atoms with Crippen LogP contribution in [0.4, 0.5) is 33.6 Å². The van der Waals surface area contributed by atoms with Crippen LogP contribution in [0.2, 0.25) is 0 Å². The minimum Gasteiger partial charge on any atom is -0.508 e. The Bertz CT molecular complexity index is 1880. The number of ether oxygens (including phenoxy) is 2. The van der Waals surface area contributed by atoms with E-state index in [1.807, 2.05) is 18.2 Å². The van der Waals surface area contributed by atoms with Gasteiger partial charge in [0.05, 0.1) is 26.4 Å². The lowest BCUT2D eigenvalue weighted by molar-refractivity contribution is 0.0519. The number of nitrogens with zero attached hydrogens (tertiary/aromatic N) is 3. The number of phenolic OH excluding ortho intramolecular Hbond substituents is 1. The number of anilines is 5. The van der Waals surface area contributed by atoms with E-state index in [-0.39, 0.29) is 47.8 Å². The molecule has 14 heteroatoms. The number of aromatic nitrogens is 3. The number of amides is 2. The summed E-state index contributed by atoms with van der Waals surface area (Å²) in [5.41, 5.74) is 3.83. The molecule has 0 atom stereocenters. The Balaban J connectivity index is 1.11. The summed E-state index contributed by atoms with van der Waals surface area (Å²) in [7, 11) is 0. The molecule has 0 bridgehead atoms. The number of carbonyl (C=O) groups is 2. The van der Waals surface area contributed by atoms with Gasteiger partial charge in [0.2, 0.25) is 17.8 Å². The van der Waals surface area contributed by atoms with Crippen LogP contribution < -0.4 is 26.6 Å². The summed E-state index contributed by atoms with van der Waals surface area (Å²) >= 11 is 0. The van der Waals surface area contributed by atoms with E-state index in [0.29, 0.717) is 67.6 Å². The van der Waals surface area contributed by atoms with Crippen LogP contribution in [0.5, 0.6) is 5.75 Å². The van der Waals surface area contributed by atoms with Gasteiger partial charge in [0.1, 0.15) is 11.6 Å². The van der Waals surface area contributed by atoms with Crippen molar-refractivity contribution < 1.29 is 28.6 Å². The number of benzene rings is 4. The average molecular weight is 695 g/mol. The third kappa shape index (κ3) is 11.8. The Morgan fingerprint density at radius 1 is 0.667 bits per heavy atom. The lowest BCUT2D eigenvalue weighted by Crippen LogP contribution is -2.27. The summed E-state index contributed by atoms with van der Waals surface area (Å²) in [6.07, 6.45) is 0. The highest BCUT2D eigenvalue weighted by Gasteiger charge is 2.11. The Morgan fingerprint density at radius 2 is 1.25 bits per heavy atom. The second-order valence-electron chi connectivity index (χ2n) is 11.2. The van der Waals surface area contributed by atoms with Crippen molar-refractivity contribution in [2.24, 2.45) is 0 Å². The molecule has 51 heavy (non-hydrogen) atoms. The van der Waals surface area contributed by atoms with Crippen molar-refractivity contribution in [1.82, 2.24) is 25.6 Å². The van der Waals surface area contributed by atoms with E-state index >= 15 is 0 Å². The third-order valence-corrected chi connectivity index (χ3v) is 7.33. The maximum Gasteiger partial charge on any atom is 0.251 e. The molecule has 0 saturated heterocycles. The van der Waals surface area contributed by atoms with Crippen molar-refractivity contribution in [1.29, 1.82) is 0 Å². The first kappa shape index (κ1) is 36.2. The summed E-state index contributed by atoms with van der Waals surface area (Å²) in [5, 5.41) is 25.0. The first-order chi connectivity index (χ1) is 24.8. The summed E-state index contributed by atoms with van der Waals surface area (Å²) in [6, 6.07) is 26.8. The van der Waals surface area contributed by atoms with Crippen molar-refractivity contribution in [2.75, 3.05) is 55.5 Å². The smallest absolute Gasteiger partial charge is 0.251 e. The van der Waals surface area contributed by atoms with E-state index in [0.717, 1.165) is 5.56 Å². The number of halogens is 1. The highest BCUT2D eigenvalue weighted by atomic mass is 19.1. The zero-order chi connectivity index (χ0) is 35.8. The van der Waals surface area contributed by atoms with Crippen LogP contribution in [0.3, 0.4) is 0 Å². The van der Waals surface area contributed by atoms with E-state index in [1.165, 1.54) is 12.1 Å². The molecular weight excluding hydrogens is 655 g/mol. The summed E-state index contributed by atoms with van der Waals surface area (Å²) in [4.78, 5) is 38.2. The molecule has 5 rings (SSSR count). The number of hydrogen-bond acceptors (Lipinski definition) is 11. The second kappa shape index (κ2) is 18.6. The van der Waals surface area contributed by atoms with Gasteiger partial charge in [-0.1, -0.05) is 30.3 Å². The Hall–Kier alpha value is -6.12. The number of nitrogens with one attached hydrogen (secondary N) is 5. The van der Waals surface area contributed by atoms with Crippen molar-refractivity contribution >= 4 is 41.0 Å². The number of hydrogen-bond donors (Lipinski definition) is 6. The Morgan fingerprint density at radius 3 is 1.94 bits per heavy atom. The molecule has 6 N–H and O–H groups in total. The van der Waals surface area contributed by atoms with Crippen LogP contribution in [-0.4, -0.2) is 71.4 Å². The van der Waals surface area contributed by atoms with E-state index in [2.05, 4.69) is 41.5 Å². The molecule has 0 aliphatic carbocycles. The van der Waals surface area contributed by atoms with Gasteiger partial charge < -0.3 is 41.2 Å². The monoisotopic (exact) mass is 694 g/mol. The fourth-order valence-electron chi connectivity index (χ4n) is 4.64. The van der Waals surface area contributed by atoms with Crippen LogP contribution in [-0.2, 0) is 16.0 Å². The Labute approximate surface area is 294 Å². The minimum absolute atomic E-state index is 0.145. The first-order valence-electron chi connectivity index (χ1n) is 16.3. The fraction of sp³-hybridized carbons (Fsp3) is 0.216. The fourth-order valence-corrected chi connectivity index (χ4v) is 4.64. The predicted molar refractivity (Wildman–Crippen MR) is 192 cm³/mol. The highest BCUT2D eigenvalue weighted by Crippen LogP contribution is 2.23. The van der Waals surface area contributed by atoms with Crippen LogP contribution in [0.1, 0.15) is 31.8 Å². The molecule has 0 saturated carbocycles. The maximum atomic E-state index is 13.2. The van der Waals surface area contributed by atoms with Gasteiger partial charge in [0.15, 0.2) is 0 Å². The molecule has 0 aliphatic rings. The zero-order valence-electron chi connectivity index (χ0n) is 28.0. The van der Waals surface area contributed by atoms with Crippen molar-refractivity contribution in [3.63, 3.8) is 0 Å². The first-order valence-corrected chi connectivity index (χ1v) is 16.3. The second-order valence-corrected chi connectivity index (χ2v) is 11.2. The summed E-state index contributed by atoms with van der Waals surface area (Å²) < 4.78 is 24.4. The molecule has 264 valence electrons. The average Bonchev–Trinajstić information content (AvgIpc) is 3.14. The zero-order valence-corrected chi connectivity index (χ0v) is 28.0. The molecule has 5 aromatic rings. The lowest BCUT2D eigenvalue weighted by Gasteiger charge is -2.12. The van der Waals surface area contributed by atoms with Gasteiger partial charge in [-0.15, -0.1) is 0 Å². The highest BCUT2D eigenvalue weighted by molar-refractivity contribution is 5.94. The minimum atomic E-state index is -0.334. The Kier molecular flexibility index (Phi) is 13.2. The predicted octanol–water partition coefficient (Wildman–Crippen LogP) is 5.32. The third-order valence-electron chi connectivity index (χ3n) is 7.33. The molecule has 1 aromatic heterocycles. The molecule has 0 spiro atoms. The van der Waals surface area contributed by atoms with Gasteiger partial charge in [-0.3, -0.25) is 9.59 Å². The van der Waals surface area contributed by atoms with Crippen molar-refractivity contribution in [2.45, 2.75) is 13.5 Å². The van der Waals surface area contributed by atoms with Crippen LogP contribution in [0, 0.1) is 12.7 Å². The molecule has 13 nitrogen and oxygen atoms in total. The van der Waals surface area contributed by atoms with Gasteiger partial charge in [-0.05, 0) is 84.8 Å². The maximum absolute atomic E-state index is 13.2. The normalized spacial score (nSPS) is 10.7. The quantitative estimate of drug-likeness (QED) is 0.0518. The molecule has 0 unspecified atom stereocenters. The number of phenols is 1. The SMILES string of the molecule is Cc1cc(Nc2nc(NCCOCCOCCNC(=O)c3ccccc3)nc(Nc3ccc(C(=O)NCc4ccc(F)cc4)cc3)n2)ccc1O. The topological polar surface area (TPSA) is 172 Å². The van der Waals surface area contributed by atoms with Crippen LogP contribution in [0.15, 0.2) is 97.1 Å². The van der Waals surface area contributed by atoms with Gasteiger partial charge >= 0.3 is 0 Å².